The molecule has 2 aromatic carbocycles. The average Bonchev–Trinajstić information content (AvgIpc) is 3.16. The maximum atomic E-state index is 10.2. The number of aliphatic hydroxyl groups is 1. The molecule has 0 saturated carbocycles. The summed E-state index contributed by atoms with van der Waals surface area (Å²) in [6.07, 6.45) is -0.304. The van der Waals surface area contributed by atoms with E-state index in [9.17, 15) is 5.11 Å². The van der Waals surface area contributed by atoms with Crippen LogP contribution < -0.4 is 4.74 Å². The number of tetrazole rings is 1. The van der Waals surface area contributed by atoms with E-state index in [0.29, 0.717) is 23.1 Å². The van der Waals surface area contributed by atoms with Crippen LogP contribution >= 0.6 is 11.8 Å². The topological polar surface area (TPSA) is 96.8 Å². The first-order valence-electron chi connectivity index (χ1n) is 8.82. The molecule has 144 valence electrons. The zero-order valence-electron chi connectivity index (χ0n) is 15.7. The van der Waals surface area contributed by atoms with E-state index in [0.717, 1.165) is 22.4 Å². The number of aryl methyl sites for hydroxylation is 2. The van der Waals surface area contributed by atoms with Gasteiger partial charge in [0.05, 0.1) is 24.3 Å². The Kier molecular flexibility index (Phi) is 6.63. The molecular formula is C20H21N5O2S. The normalized spacial score (nSPS) is 11.8. The van der Waals surface area contributed by atoms with Gasteiger partial charge in [0, 0.05) is 5.75 Å². The van der Waals surface area contributed by atoms with Gasteiger partial charge in [-0.2, -0.15) is 9.94 Å². The lowest BCUT2D eigenvalue weighted by Crippen LogP contribution is -2.20. The summed E-state index contributed by atoms with van der Waals surface area (Å²) in [7, 11) is 0. The van der Waals surface area contributed by atoms with Crippen LogP contribution in [0.3, 0.4) is 0 Å². The molecule has 0 fully saturated rings. The van der Waals surface area contributed by atoms with Gasteiger partial charge < -0.3 is 9.84 Å². The van der Waals surface area contributed by atoms with Crippen LogP contribution in [0.1, 0.15) is 16.7 Å². The van der Waals surface area contributed by atoms with Crippen molar-refractivity contribution in [2.24, 2.45) is 0 Å². The second-order valence-corrected chi connectivity index (χ2v) is 7.41. The number of benzene rings is 2. The van der Waals surface area contributed by atoms with E-state index in [1.807, 2.05) is 44.2 Å². The van der Waals surface area contributed by atoms with E-state index < -0.39 is 6.10 Å². The van der Waals surface area contributed by atoms with Gasteiger partial charge in [-0.1, -0.05) is 36.0 Å². The standard InChI is InChI=1S/C20H21N5O2S/c1-14-3-4-15(2)19(11-14)25-20(22-23-24-25)28-13-17(26)12-27-18-7-5-16(6-8-18)9-10-21/h3-8,11,17,26H,9,12-13H2,1-2H3/t17-/m0/s1. The summed E-state index contributed by atoms with van der Waals surface area (Å²) in [6, 6.07) is 15.5. The van der Waals surface area contributed by atoms with Crippen LogP contribution in [0.4, 0.5) is 0 Å². The van der Waals surface area contributed by atoms with E-state index in [-0.39, 0.29) is 6.61 Å². The second kappa shape index (κ2) is 9.35. The van der Waals surface area contributed by atoms with Gasteiger partial charge in [-0.15, -0.1) is 5.10 Å². The van der Waals surface area contributed by atoms with Gasteiger partial charge in [0.25, 0.3) is 0 Å². The van der Waals surface area contributed by atoms with E-state index in [4.69, 9.17) is 10.00 Å². The summed E-state index contributed by atoms with van der Waals surface area (Å²) in [5.41, 5.74) is 4.06. The van der Waals surface area contributed by atoms with Crippen molar-refractivity contribution in [3.8, 4) is 17.5 Å². The van der Waals surface area contributed by atoms with Gasteiger partial charge >= 0.3 is 0 Å². The fraction of sp³-hybridized carbons (Fsp3) is 0.300. The molecule has 0 bridgehead atoms. The second-order valence-electron chi connectivity index (χ2n) is 6.42. The SMILES string of the molecule is Cc1ccc(C)c(-n2nnnc2SC[C@@H](O)COc2ccc(CC#N)cc2)c1. The molecule has 0 amide bonds. The van der Waals surface area contributed by atoms with Crippen molar-refractivity contribution in [1.82, 2.24) is 20.2 Å². The highest BCUT2D eigenvalue weighted by Crippen LogP contribution is 2.22. The maximum absolute atomic E-state index is 10.2. The van der Waals surface area contributed by atoms with E-state index >= 15 is 0 Å². The van der Waals surface area contributed by atoms with Gasteiger partial charge in [-0.05, 0) is 59.2 Å². The van der Waals surface area contributed by atoms with Gasteiger partial charge in [0.1, 0.15) is 12.4 Å². The molecule has 0 unspecified atom stereocenters. The minimum absolute atomic E-state index is 0.162. The highest BCUT2D eigenvalue weighted by atomic mass is 32.2. The van der Waals surface area contributed by atoms with E-state index in [1.165, 1.54) is 11.8 Å². The van der Waals surface area contributed by atoms with Gasteiger partial charge in [0.2, 0.25) is 5.16 Å². The molecule has 1 N–H and O–H groups in total. The van der Waals surface area contributed by atoms with Crippen molar-refractivity contribution in [3.63, 3.8) is 0 Å². The monoisotopic (exact) mass is 395 g/mol. The smallest absolute Gasteiger partial charge is 0.214 e. The molecule has 1 aromatic heterocycles. The first kappa shape index (κ1) is 19.9. The van der Waals surface area contributed by atoms with Crippen molar-refractivity contribution < 1.29 is 9.84 Å². The molecule has 1 atom stereocenters. The number of aliphatic hydroxyl groups excluding tert-OH is 1. The van der Waals surface area contributed by atoms with Crippen LogP contribution in [0.15, 0.2) is 47.6 Å². The third-order valence-electron chi connectivity index (χ3n) is 4.09. The van der Waals surface area contributed by atoms with Gasteiger partial charge in [0.15, 0.2) is 0 Å². The van der Waals surface area contributed by atoms with Crippen molar-refractivity contribution in [2.45, 2.75) is 31.5 Å². The number of ether oxygens (including phenoxy) is 1. The van der Waals surface area contributed by atoms with Crippen molar-refractivity contribution >= 4 is 11.8 Å². The molecular weight excluding hydrogens is 374 g/mol. The summed E-state index contributed by atoms with van der Waals surface area (Å²) < 4.78 is 7.30. The lowest BCUT2D eigenvalue weighted by Gasteiger charge is -2.13. The molecule has 0 aliphatic rings. The Morgan fingerprint density at radius 1 is 1.21 bits per heavy atom. The Hall–Kier alpha value is -2.89. The fourth-order valence-corrected chi connectivity index (χ4v) is 3.36. The summed E-state index contributed by atoms with van der Waals surface area (Å²) in [5, 5.41) is 31.5. The Bertz CT molecular complexity index is 965. The molecule has 0 radical (unpaired) electrons. The number of thioether (sulfide) groups is 1. The number of rotatable bonds is 8. The van der Waals surface area contributed by atoms with Crippen LogP contribution in [0.5, 0.6) is 5.75 Å². The summed E-state index contributed by atoms with van der Waals surface area (Å²) in [4.78, 5) is 0. The molecule has 0 aliphatic carbocycles. The van der Waals surface area contributed by atoms with Crippen LogP contribution in [0.2, 0.25) is 0 Å². The van der Waals surface area contributed by atoms with E-state index in [2.05, 4.69) is 21.6 Å². The number of nitriles is 1. The predicted molar refractivity (Wildman–Crippen MR) is 107 cm³/mol. The highest BCUT2D eigenvalue weighted by Gasteiger charge is 2.14. The number of nitrogens with zero attached hydrogens (tertiary/aromatic N) is 5. The number of hydrogen-bond acceptors (Lipinski definition) is 7. The molecule has 3 aromatic rings. The minimum Gasteiger partial charge on any atom is -0.491 e. The van der Waals surface area contributed by atoms with Crippen molar-refractivity contribution in [2.75, 3.05) is 12.4 Å². The highest BCUT2D eigenvalue weighted by molar-refractivity contribution is 7.99. The molecule has 28 heavy (non-hydrogen) atoms. The molecule has 0 aliphatic heterocycles. The Balaban J connectivity index is 1.55. The zero-order chi connectivity index (χ0) is 19.9. The Morgan fingerprint density at radius 3 is 2.75 bits per heavy atom. The lowest BCUT2D eigenvalue weighted by molar-refractivity contribution is 0.126. The average molecular weight is 395 g/mol. The van der Waals surface area contributed by atoms with Crippen molar-refractivity contribution in [1.29, 1.82) is 5.26 Å². The number of hydrogen-bond donors (Lipinski definition) is 1. The molecule has 3 rings (SSSR count). The predicted octanol–water partition coefficient (Wildman–Crippen LogP) is 2.88. The third-order valence-corrected chi connectivity index (χ3v) is 5.15. The van der Waals surface area contributed by atoms with Crippen molar-refractivity contribution in [3.05, 3.63) is 59.2 Å². The zero-order valence-corrected chi connectivity index (χ0v) is 16.6. The van der Waals surface area contributed by atoms with Crippen LogP contribution in [-0.2, 0) is 6.42 Å². The molecule has 0 spiro atoms. The molecule has 1 heterocycles. The van der Waals surface area contributed by atoms with Crippen LogP contribution in [0, 0.1) is 25.2 Å². The summed E-state index contributed by atoms with van der Waals surface area (Å²) >= 11 is 1.38. The summed E-state index contributed by atoms with van der Waals surface area (Å²) in [6.45, 7) is 4.19. The largest absolute Gasteiger partial charge is 0.491 e. The van der Waals surface area contributed by atoms with Crippen LogP contribution in [0.25, 0.3) is 5.69 Å². The Morgan fingerprint density at radius 2 is 2.00 bits per heavy atom. The van der Waals surface area contributed by atoms with E-state index in [1.54, 1.807) is 16.8 Å². The fourth-order valence-electron chi connectivity index (χ4n) is 2.57. The van der Waals surface area contributed by atoms with Gasteiger partial charge in [-0.25, -0.2) is 0 Å². The maximum Gasteiger partial charge on any atom is 0.214 e. The first-order chi connectivity index (χ1) is 13.6. The lowest BCUT2D eigenvalue weighted by atomic mass is 10.1. The first-order valence-corrected chi connectivity index (χ1v) is 9.81. The quantitative estimate of drug-likeness (QED) is 0.586. The number of aromatic nitrogens is 4. The molecule has 7 nitrogen and oxygen atoms in total. The van der Waals surface area contributed by atoms with Crippen LogP contribution in [-0.4, -0.2) is 43.8 Å². The Labute approximate surface area is 168 Å². The third kappa shape index (κ3) is 5.09. The molecule has 8 heteroatoms. The van der Waals surface area contributed by atoms with Gasteiger partial charge in [-0.3, -0.25) is 0 Å². The minimum atomic E-state index is -0.674. The molecule has 0 saturated heterocycles. The summed E-state index contributed by atoms with van der Waals surface area (Å²) in [5.74, 6) is 1.06.